The lowest BCUT2D eigenvalue weighted by Gasteiger charge is -2.27. The number of benzene rings is 1. The molecule has 2 rings (SSSR count). The first kappa shape index (κ1) is 12.5. The first-order valence-corrected chi connectivity index (χ1v) is 6.32. The summed E-state index contributed by atoms with van der Waals surface area (Å²) in [5.74, 6) is -0.0933. The molecule has 0 amide bonds. The molecule has 2 nitrogen and oxygen atoms in total. The highest BCUT2D eigenvalue weighted by Crippen LogP contribution is 2.27. The van der Waals surface area contributed by atoms with Gasteiger partial charge in [0.1, 0.15) is 5.82 Å². The van der Waals surface area contributed by atoms with E-state index < -0.39 is 0 Å². The van der Waals surface area contributed by atoms with E-state index in [1.165, 1.54) is 12.8 Å². The van der Waals surface area contributed by atoms with Crippen molar-refractivity contribution < 1.29 is 4.39 Å². The van der Waals surface area contributed by atoms with Gasteiger partial charge in [0.25, 0.3) is 0 Å². The fourth-order valence-electron chi connectivity index (χ4n) is 2.59. The second-order valence-corrected chi connectivity index (χ2v) is 5.03. The lowest BCUT2D eigenvalue weighted by Crippen LogP contribution is -2.30. The van der Waals surface area contributed by atoms with Gasteiger partial charge in [-0.1, -0.05) is 18.2 Å². The Morgan fingerprint density at radius 2 is 2.18 bits per heavy atom. The number of nitrogens with zero attached hydrogens (tertiary/aromatic N) is 1. The Kier molecular flexibility index (Phi) is 4.13. The molecule has 0 aliphatic carbocycles. The summed E-state index contributed by atoms with van der Waals surface area (Å²) in [5.41, 5.74) is 0.811. The van der Waals surface area contributed by atoms with Gasteiger partial charge in [0.2, 0.25) is 0 Å². The van der Waals surface area contributed by atoms with Crippen molar-refractivity contribution in [3.8, 4) is 0 Å². The minimum atomic E-state index is -0.0933. The first-order valence-electron chi connectivity index (χ1n) is 6.32. The molecule has 1 N–H and O–H groups in total. The maximum Gasteiger partial charge on any atom is 0.127 e. The summed E-state index contributed by atoms with van der Waals surface area (Å²) in [7, 11) is 4.04. The normalized spacial score (nSPS) is 22.0. The fourth-order valence-corrected chi connectivity index (χ4v) is 2.59. The molecule has 2 atom stereocenters. The number of halogens is 1. The molecule has 0 aromatic heterocycles. The van der Waals surface area contributed by atoms with Crippen LogP contribution in [0.3, 0.4) is 0 Å². The first-order chi connectivity index (χ1) is 8.18. The van der Waals surface area contributed by atoms with Crippen LogP contribution in [0.1, 0.15) is 30.9 Å². The SMILES string of the molecule is CN(C)C(CC1CCCN1)c1ccccc1F. The van der Waals surface area contributed by atoms with E-state index in [9.17, 15) is 4.39 Å². The second kappa shape index (κ2) is 5.61. The summed E-state index contributed by atoms with van der Waals surface area (Å²) < 4.78 is 13.8. The minimum Gasteiger partial charge on any atom is -0.314 e. The Labute approximate surface area is 103 Å². The van der Waals surface area contributed by atoms with Crippen LogP contribution >= 0.6 is 0 Å². The zero-order valence-electron chi connectivity index (χ0n) is 10.6. The van der Waals surface area contributed by atoms with Crippen LogP contribution in [0.4, 0.5) is 4.39 Å². The van der Waals surface area contributed by atoms with Crippen molar-refractivity contribution in [1.82, 2.24) is 10.2 Å². The Bertz CT molecular complexity index is 359. The van der Waals surface area contributed by atoms with Gasteiger partial charge in [-0.05, 0) is 46.0 Å². The van der Waals surface area contributed by atoms with Crippen LogP contribution in [0, 0.1) is 5.82 Å². The second-order valence-electron chi connectivity index (χ2n) is 5.03. The van der Waals surface area contributed by atoms with Crippen molar-refractivity contribution >= 4 is 0 Å². The maximum absolute atomic E-state index is 13.8. The van der Waals surface area contributed by atoms with Gasteiger partial charge in [-0.25, -0.2) is 4.39 Å². The van der Waals surface area contributed by atoms with Gasteiger partial charge in [0.15, 0.2) is 0 Å². The molecule has 94 valence electrons. The standard InChI is InChI=1S/C14H21FN2/c1-17(2)14(10-11-6-5-9-16-11)12-7-3-4-8-13(12)15/h3-4,7-8,11,14,16H,5-6,9-10H2,1-2H3. The summed E-state index contributed by atoms with van der Waals surface area (Å²) in [6.07, 6.45) is 3.43. The molecule has 17 heavy (non-hydrogen) atoms. The van der Waals surface area contributed by atoms with Gasteiger partial charge in [-0.2, -0.15) is 0 Å². The zero-order chi connectivity index (χ0) is 12.3. The molecule has 1 aliphatic rings. The quantitative estimate of drug-likeness (QED) is 0.864. The van der Waals surface area contributed by atoms with Crippen molar-refractivity contribution in [3.05, 3.63) is 35.6 Å². The van der Waals surface area contributed by atoms with E-state index >= 15 is 0 Å². The average molecular weight is 236 g/mol. The molecule has 0 bridgehead atoms. The van der Waals surface area contributed by atoms with E-state index in [4.69, 9.17) is 0 Å². The molecule has 0 radical (unpaired) electrons. The van der Waals surface area contributed by atoms with Crippen molar-refractivity contribution in [2.24, 2.45) is 0 Å². The van der Waals surface area contributed by atoms with E-state index in [0.717, 1.165) is 18.5 Å². The van der Waals surface area contributed by atoms with E-state index in [2.05, 4.69) is 10.2 Å². The predicted octanol–water partition coefficient (Wildman–Crippen LogP) is 2.57. The van der Waals surface area contributed by atoms with Crippen LogP contribution < -0.4 is 5.32 Å². The van der Waals surface area contributed by atoms with E-state index in [-0.39, 0.29) is 11.9 Å². The molecule has 1 aliphatic heterocycles. The molecule has 3 heteroatoms. The molecule has 2 unspecified atom stereocenters. The van der Waals surface area contributed by atoms with E-state index in [1.807, 2.05) is 26.2 Å². The topological polar surface area (TPSA) is 15.3 Å². The van der Waals surface area contributed by atoms with Crippen LogP contribution in [-0.4, -0.2) is 31.6 Å². The van der Waals surface area contributed by atoms with Crippen LogP contribution in [0.2, 0.25) is 0 Å². The number of nitrogens with one attached hydrogen (secondary N) is 1. The van der Waals surface area contributed by atoms with Gasteiger partial charge in [0.05, 0.1) is 0 Å². The average Bonchev–Trinajstić information content (AvgIpc) is 2.79. The minimum absolute atomic E-state index is 0.0933. The molecule has 1 aromatic rings. The number of rotatable bonds is 4. The molecule has 1 aromatic carbocycles. The number of hydrogen-bond donors (Lipinski definition) is 1. The smallest absolute Gasteiger partial charge is 0.127 e. The Morgan fingerprint density at radius 3 is 2.76 bits per heavy atom. The zero-order valence-corrected chi connectivity index (χ0v) is 10.6. The van der Waals surface area contributed by atoms with Gasteiger partial charge in [0, 0.05) is 17.6 Å². The van der Waals surface area contributed by atoms with Crippen LogP contribution in [0.25, 0.3) is 0 Å². The lowest BCUT2D eigenvalue weighted by molar-refractivity contribution is 0.256. The summed E-state index contributed by atoms with van der Waals surface area (Å²) in [5, 5.41) is 3.48. The molecule has 0 saturated carbocycles. The van der Waals surface area contributed by atoms with Crippen molar-refractivity contribution in [2.45, 2.75) is 31.3 Å². The van der Waals surface area contributed by atoms with Crippen molar-refractivity contribution in [3.63, 3.8) is 0 Å². The van der Waals surface area contributed by atoms with Gasteiger partial charge in [-0.3, -0.25) is 0 Å². The maximum atomic E-state index is 13.8. The molecular formula is C14H21FN2. The summed E-state index contributed by atoms with van der Waals surface area (Å²) in [6.45, 7) is 1.10. The Morgan fingerprint density at radius 1 is 1.41 bits per heavy atom. The highest BCUT2D eigenvalue weighted by molar-refractivity contribution is 5.21. The number of hydrogen-bond acceptors (Lipinski definition) is 2. The molecule has 1 fully saturated rings. The third-order valence-corrected chi connectivity index (χ3v) is 3.56. The third kappa shape index (κ3) is 3.05. The van der Waals surface area contributed by atoms with Crippen LogP contribution in [0.15, 0.2) is 24.3 Å². The van der Waals surface area contributed by atoms with Gasteiger partial charge in [-0.15, -0.1) is 0 Å². The predicted molar refractivity (Wildman–Crippen MR) is 68.5 cm³/mol. The summed E-state index contributed by atoms with van der Waals surface area (Å²) in [6, 6.07) is 7.80. The molecule has 0 spiro atoms. The largest absolute Gasteiger partial charge is 0.314 e. The van der Waals surface area contributed by atoms with Gasteiger partial charge >= 0.3 is 0 Å². The third-order valence-electron chi connectivity index (χ3n) is 3.56. The summed E-state index contributed by atoms with van der Waals surface area (Å²) >= 11 is 0. The van der Waals surface area contributed by atoms with Crippen molar-refractivity contribution in [1.29, 1.82) is 0 Å². The summed E-state index contributed by atoms with van der Waals surface area (Å²) in [4.78, 5) is 2.11. The highest BCUT2D eigenvalue weighted by atomic mass is 19.1. The van der Waals surface area contributed by atoms with Gasteiger partial charge < -0.3 is 10.2 Å². The Balaban J connectivity index is 2.14. The van der Waals surface area contributed by atoms with E-state index in [1.54, 1.807) is 12.1 Å². The van der Waals surface area contributed by atoms with Crippen molar-refractivity contribution in [2.75, 3.05) is 20.6 Å². The van der Waals surface area contributed by atoms with Crippen LogP contribution in [-0.2, 0) is 0 Å². The lowest BCUT2D eigenvalue weighted by atomic mass is 9.97. The molecule has 1 saturated heterocycles. The fraction of sp³-hybridized carbons (Fsp3) is 0.571. The molecular weight excluding hydrogens is 215 g/mol. The van der Waals surface area contributed by atoms with E-state index in [0.29, 0.717) is 6.04 Å². The highest BCUT2D eigenvalue weighted by Gasteiger charge is 2.23. The monoisotopic (exact) mass is 236 g/mol. The van der Waals surface area contributed by atoms with Crippen LogP contribution in [0.5, 0.6) is 0 Å². The Hall–Kier alpha value is -0.930. The molecule has 1 heterocycles.